The topological polar surface area (TPSA) is 59.1 Å². The van der Waals surface area contributed by atoms with Crippen LogP contribution in [0.15, 0.2) is 54.6 Å². The largest absolute Gasteiger partial charge is 0.491 e. The molecule has 6 heteroatoms. The number of fused-ring (bicyclic) bond motifs is 9. The zero-order valence-corrected chi connectivity index (χ0v) is 20.9. The third-order valence-electron chi connectivity index (χ3n) is 7.51. The average molecular weight is 479 g/mol. The van der Waals surface area contributed by atoms with Gasteiger partial charge in [-0.15, -0.1) is 0 Å². The molecule has 3 aliphatic heterocycles. The summed E-state index contributed by atoms with van der Waals surface area (Å²) in [5.74, 6) is 0.778. The van der Waals surface area contributed by atoms with Crippen molar-refractivity contribution >= 4 is 11.8 Å². The van der Waals surface area contributed by atoms with E-state index in [1.807, 2.05) is 52.3 Å². The van der Waals surface area contributed by atoms with Crippen LogP contribution in [-0.2, 0) is 16.0 Å². The first-order valence-corrected chi connectivity index (χ1v) is 12.9. The summed E-state index contributed by atoms with van der Waals surface area (Å²) in [6.45, 7) is 3.81. The molecule has 1 fully saturated rings. The van der Waals surface area contributed by atoms with Gasteiger partial charge in [-0.25, -0.2) is 0 Å². The van der Waals surface area contributed by atoms with Crippen LogP contribution in [0.5, 0.6) is 5.75 Å². The molecule has 0 N–H and O–H groups in total. The normalized spacial score (nSPS) is 18.8. The standard InChI is InChI=1S/C29H38N2O4/c1-34-23-29-15-7-8-18-30(27(32)14-13-24-9-3-2-4-10-24)21-22-35-26-12-6-5-11-25(26)28(33)31(19-16-29)20-17-29/h2-6,9-12H,7-8,13-23H2,1H3. The van der Waals surface area contributed by atoms with Crippen molar-refractivity contribution in [3.05, 3.63) is 65.7 Å². The molecule has 188 valence electrons. The van der Waals surface area contributed by atoms with Crippen molar-refractivity contribution < 1.29 is 19.1 Å². The first-order valence-electron chi connectivity index (χ1n) is 12.9. The number of para-hydroxylation sites is 1. The van der Waals surface area contributed by atoms with Gasteiger partial charge in [-0.05, 0) is 55.2 Å². The molecule has 35 heavy (non-hydrogen) atoms. The Morgan fingerprint density at radius 3 is 2.46 bits per heavy atom. The predicted molar refractivity (Wildman–Crippen MR) is 137 cm³/mol. The summed E-state index contributed by atoms with van der Waals surface area (Å²) in [5, 5.41) is 0. The maximum atomic E-state index is 13.3. The number of carbonyl (C=O) groups excluding carboxylic acids is 2. The molecule has 0 atom stereocenters. The first kappa shape index (κ1) is 25.2. The molecule has 0 saturated carbocycles. The molecule has 0 spiro atoms. The average Bonchev–Trinajstić information content (AvgIpc) is 2.90. The molecule has 2 amide bonds. The lowest BCUT2D eigenvalue weighted by atomic mass is 9.75. The summed E-state index contributed by atoms with van der Waals surface area (Å²) in [6.07, 6.45) is 6.16. The van der Waals surface area contributed by atoms with E-state index >= 15 is 0 Å². The number of methoxy groups -OCH3 is 1. The van der Waals surface area contributed by atoms with Gasteiger partial charge >= 0.3 is 0 Å². The number of hydrogen-bond donors (Lipinski definition) is 0. The maximum Gasteiger partial charge on any atom is 0.257 e. The fraction of sp³-hybridized carbons (Fsp3) is 0.517. The summed E-state index contributed by atoms with van der Waals surface area (Å²) < 4.78 is 11.7. The molecule has 6 nitrogen and oxygen atoms in total. The monoisotopic (exact) mass is 478 g/mol. The van der Waals surface area contributed by atoms with E-state index in [-0.39, 0.29) is 17.2 Å². The molecule has 0 unspecified atom stereocenters. The van der Waals surface area contributed by atoms with Crippen LogP contribution in [0.3, 0.4) is 0 Å². The second-order valence-electron chi connectivity index (χ2n) is 9.89. The van der Waals surface area contributed by atoms with Crippen LogP contribution in [0.1, 0.15) is 54.4 Å². The highest BCUT2D eigenvalue weighted by atomic mass is 16.5. The van der Waals surface area contributed by atoms with Crippen LogP contribution >= 0.6 is 0 Å². The Morgan fingerprint density at radius 1 is 0.943 bits per heavy atom. The molecule has 2 aromatic rings. The number of piperidine rings is 1. The van der Waals surface area contributed by atoms with Gasteiger partial charge in [0.25, 0.3) is 5.91 Å². The summed E-state index contributed by atoms with van der Waals surface area (Å²) in [6, 6.07) is 17.6. The number of aryl methyl sites for hydroxylation is 1. The van der Waals surface area contributed by atoms with Crippen molar-refractivity contribution in [2.45, 2.75) is 44.9 Å². The van der Waals surface area contributed by atoms with Gasteiger partial charge in [-0.3, -0.25) is 9.59 Å². The molecule has 0 aliphatic carbocycles. The Kier molecular flexibility index (Phi) is 8.80. The Balaban J connectivity index is 1.49. The number of rotatable bonds is 5. The van der Waals surface area contributed by atoms with Crippen LogP contribution in [-0.4, -0.2) is 68.1 Å². The lowest BCUT2D eigenvalue weighted by molar-refractivity contribution is -0.131. The van der Waals surface area contributed by atoms with Gasteiger partial charge in [0.15, 0.2) is 0 Å². The molecular formula is C29H38N2O4. The molecule has 1 saturated heterocycles. The molecule has 0 aromatic heterocycles. The zero-order chi connectivity index (χ0) is 24.5. The highest BCUT2D eigenvalue weighted by Crippen LogP contribution is 2.38. The number of nitrogens with zero attached hydrogens (tertiary/aromatic N) is 2. The molecule has 2 bridgehead atoms. The van der Waals surface area contributed by atoms with Crippen molar-refractivity contribution in [1.82, 2.24) is 9.80 Å². The minimum absolute atomic E-state index is 0.0253. The van der Waals surface area contributed by atoms with Gasteiger partial charge in [-0.1, -0.05) is 48.9 Å². The van der Waals surface area contributed by atoms with E-state index < -0.39 is 0 Å². The van der Waals surface area contributed by atoms with Gasteiger partial charge in [0, 0.05) is 33.2 Å². The fourth-order valence-corrected chi connectivity index (χ4v) is 5.38. The summed E-state index contributed by atoms with van der Waals surface area (Å²) in [4.78, 5) is 30.4. The Labute approximate surface area is 209 Å². The number of benzene rings is 2. The van der Waals surface area contributed by atoms with E-state index in [1.54, 1.807) is 7.11 Å². The Hall–Kier alpha value is -2.86. The number of ether oxygens (including phenoxy) is 2. The predicted octanol–water partition coefficient (Wildman–Crippen LogP) is 4.58. The van der Waals surface area contributed by atoms with Gasteiger partial charge in [0.1, 0.15) is 12.4 Å². The van der Waals surface area contributed by atoms with E-state index in [1.165, 1.54) is 5.56 Å². The van der Waals surface area contributed by atoms with Gasteiger partial charge < -0.3 is 19.3 Å². The summed E-state index contributed by atoms with van der Waals surface area (Å²) in [5.41, 5.74) is 1.88. The molecular weight excluding hydrogens is 440 g/mol. The van der Waals surface area contributed by atoms with E-state index in [0.29, 0.717) is 37.5 Å². The van der Waals surface area contributed by atoms with Crippen LogP contribution in [0, 0.1) is 5.41 Å². The van der Waals surface area contributed by atoms with Crippen molar-refractivity contribution in [1.29, 1.82) is 0 Å². The van der Waals surface area contributed by atoms with Crippen LogP contribution in [0.25, 0.3) is 0 Å². The third-order valence-corrected chi connectivity index (χ3v) is 7.51. The second-order valence-corrected chi connectivity index (χ2v) is 9.89. The smallest absolute Gasteiger partial charge is 0.257 e. The Bertz CT molecular complexity index is 970. The molecule has 3 heterocycles. The van der Waals surface area contributed by atoms with Crippen molar-refractivity contribution in [3.8, 4) is 5.75 Å². The van der Waals surface area contributed by atoms with Crippen molar-refractivity contribution in [2.24, 2.45) is 5.41 Å². The van der Waals surface area contributed by atoms with Gasteiger partial charge in [0.2, 0.25) is 5.91 Å². The van der Waals surface area contributed by atoms with Gasteiger partial charge in [0.05, 0.1) is 18.7 Å². The number of carbonyl (C=O) groups is 2. The number of hydrogen-bond acceptors (Lipinski definition) is 4. The molecule has 5 rings (SSSR count). The van der Waals surface area contributed by atoms with E-state index in [9.17, 15) is 9.59 Å². The van der Waals surface area contributed by atoms with E-state index in [2.05, 4.69) is 12.1 Å². The van der Waals surface area contributed by atoms with Crippen molar-refractivity contribution in [2.75, 3.05) is 46.5 Å². The first-order chi connectivity index (χ1) is 17.1. The van der Waals surface area contributed by atoms with Crippen LogP contribution in [0.4, 0.5) is 0 Å². The Morgan fingerprint density at radius 2 is 1.69 bits per heavy atom. The van der Waals surface area contributed by atoms with E-state index in [4.69, 9.17) is 9.47 Å². The maximum absolute atomic E-state index is 13.3. The van der Waals surface area contributed by atoms with Crippen LogP contribution in [0.2, 0.25) is 0 Å². The zero-order valence-electron chi connectivity index (χ0n) is 20.9. The van der Waals surface area contributed by atoms with Crippen molar-refractivity contribution in [3.63, 3.8) is 0 Å². The second kappa shape index (κ2) is 12.2. The highest BCUT2D eigenvalue weighted by molar-refractivity contribution is 5.97. The fourth-order valence-electron chi connectivity index (χ4n) is 5.38. The minimum atomic E-state index is 0.0253. The number of amides is 2. The minimum Gasteiger partial charge on any atom is -0.491 e. The quantitative estimate of drug-likeness (QED) is 0.631. The van der Waals surface area contributed by atoms with Crippen LogP contribution < -0.4 is 4.74 Å². The SMILES string of the molecule is COCC12CCCCN(C(=O)CCc3ccccc3)CCOc3ccccc3C(=O)N(CC1)CC2. The molecule has 3 aliphatic rings. The molecule has 0 radical (unpaired) electrons. The summed E-state index contributed by atoms with van der Waals surface area (Å²) >= 11 is 0. The molecule has 2 aromatic carbocycles. The lowest BCUT2D eigenvalue weighted by Gasteiger charge is -2.41. The third kappa shape index (κ3) is 6.63. The van der Waals surface area contributed by atoms with E-state index in [0.717, 1.165) is 58.2 Å². The summed E-state index contributed by atoms with van der Waals surface area (Å²) in [7, 11) is 1.77. The highest BCUT2D eigenvalue weighted by Gasteiger charge is 2.36. The lowest BCUT2D eigenvalue weighted by Crippen LogP contribution is -2.45. The van der Waals surface area contributed by atoms with Gasteiger partial charge in [-0.2, -0.15) is 0 Å².